The Bertz CT molecular complexity index is 277. The lowest BCUT2D eigenvalue weighted by atomic mass is 10.1. The fraction of sp³-hybridized carbons (Fsp3) is 0.929. The van der Waals surface area contributed by atoms with Gasteiger partial charge in [0.2, 0.25) is 5.91 Å². The van der Waals surface area contributed by atoms with Crippen LogP contribution >= 0.6 is 0 Å². The molecule has 1 amide bonds. The van der Waals surface area contributed by atoms with Crippen molar-refractivity contribution in [3.8, 4) is 0 Å². The zero-order chi connectivity index (χ0) is 13.0. The normalized spacial score (nSPS) is 30.6. The van der Waals surface area contributed by atoms with E-state index in [1.165, 1.54) is 19.3 Å². The number of hydrogen-bond donors (Lipinski definition) is 2. The van der Waals surface area contributed by atoms with Crippen LogP contribution in [0.25, 0.3) is 0 Å². The van der Waals surface area contributed by atoms with E-state index in [0.717, 1.165) is 25.7 Å². The third kappa shape index (κ3) is 3.45. The number of carbonyl (C=O) groups excluding carboxylic acids is 1. The second kappa shape index (κ2) is 6.53. The summed E-state index contributed by atoms with van der Waals surface area (Å²) in [5.41, 5.74) is 0. The van der Waals surface area contributed by atoms with E-state index in [1.807, 2.05) is 6.92 Å². The van der Waals surface area contributed by atoms with Gasteiger partial charge in [0.15, 0.2) is 0 Å². The van der Waals surface area contributed by atoms with Crippen LogP contribution in [0.1, 0.15) is 51.9 Å². The second-order valence-electron chi connectivity index (χ2n) is 5.69. The molecule has 3 atom stereocenters. The topological polar surface area (TPSA) is 50.4 Å². The SMILES string of the molecule is COC1CCCC1NC(C)C(=O)NC1CCCC1. The van der Waals surface area contributed by atoms with Gasteiger partial charge >= 0.3 is 0 Å². The fourth-order valence-corrected chi connectivity index (χ4v) is 3.19. The molecule has 0 aromatic heterocycles. The third-order valence-electron chi connectivity index (χ3n) is 4.31. The molecular formula is C14H26N2O2. The monoisotopic (exact) mass is 254 g/mol. The van der Waals surface area contributed by atoms with Gasteiger partial charge in [0.05, 0.1) is 12.1 Å². The Labute approximate surface area is 110 Å². The van der Waals surface area contributed by atoms with Crippen molar-refractivity contribution in [1.82, 2.24) is 10.6 Å². The first-order chi connectivity index (χ1) is 8.70. The van der Waals surface area contributed by atoms with E-state index in [4.69, 9.17) is 4.74 Å². The van der Waals surface area contributed by atoms with Crippen LogP contribution in [0.15, 0.2) is 0 Å². The number of amides is 1. The predicted octanol–water partition coefficient (Wildman–Crippen LogP) is 1.59. The molecule has 104 valence electrons. The summed E-state index contributed by atoms with van der Waals surface area (Å²) in [5, 5.41) is 6.56. The number of nitrogens with one attached hydrogen (secondary N) is 2. The average molecular weight is 254 g/mol. The van der Waals surface area contributed by atoms with Gasteiger partial charge in [0, 0.05) is 19.2 Å². The highest BCUT2D eigenvalue weighted by Crippen LogP contribution is 2.22. The van der Waals surface area contributed by atoms with Gasteiger partial charge in [-0.2, -0.15) is 0 Å². The molecule has 0 heterocycles. The van der Waals surface area contributed by atoms with E-state index in [1.54, 1.807) is 7.11 Å². The smallest absolute Gasteiger partial charge is 0.237 e. The summed E-state index contributed by atoms with van der Waals surface area (Å²) in [6, 6.07) is 0.620. The van der Waals surface area contributed by atoms with Crippen LogP contribution in [-0.4, -0.2) is 37.2 Å². The predicted molar refractivity (Wildman–Crippen MR) is 71.4 cm³/mol. The second-order valence-corrected chi connectivity index (χ2v) is 5.69. The summed E-state index contributed by atoms with van der Waals surface area (Å²) in [7, 11) is 1.76. The van der Waals surface area contributed by atoms with E-state index < -0.39 is 0 Å². The summed E-state index contributed by atoms with van der Waals surface area (Å²) >= 11 is 0. The molecule has 4 heteroatoms. The zero-order valence-corrected chi connectivity index (χ0v) is 11.6. The Kier molecular flexibility index (Phi) is 5.01. The highest BCUT2D eigenvalue weighted by atomic mass is 16.5. The number of ether oxygens (including phenoxy) is 1. The van der Waals surface area contributed by atoms with Crippen molar-refractivity contribution in [1.29, 1.82) is 0 Å². The summed E-state index contributed by atoms with van der Waals surface area (Å²) in [4.78, 5) is 12.1. The van der Waals surface area contributed by atoms with E-state index >= 15 is 0 Å². The molecule has 3 unspecified atom stereocenters. The van der Waals surface area contributed by atoms with Crippen molar-refractivity contribution >= 4 is 5.91 Å². The first-order valence-electron chi connectivity index (χ1n) is 7.30. The summed E-state index contributed by atoms with van der Waals surface area (Å²) in [6.45, 7) is 1.95. The van der Waals surface area contributed by atoms with Crippen molar-refractivity contribution in [3.05, 3.63) is 0 Å². The van der Waals surface area contributed by atoms with Crippen LogP contribution in [0.2, 0.25) is 0 Å². The van der Waals surface area contributed by atoms with Gasteiger partial charge in [-0.3, -0.25) is 4.79 Å². The average Bonchev–Trinajstić information content (AvgIpc) is 2.99. The molecule has 18 heavy (non-hydrogen) atoms. The van der Waals surface area contributed by atoms with Gasteiger partial charge in [-0.25, -0.2) is 0 Å². The first-order valence-corrected chi connectivity index (χ1v) is 7.30. The van der Waals surface area contributed by atoms with Crippen LogP contribution < -0.4 is 10.6 Å². The number of rotatable bonds is 5. The lowest BCUT2D eigenvalue weighted by Crippen LogP contribution is -2.50. The van der Waals surface area contributed by atoms with Crippen LogP contribution in [0.4, 0.5) is 0 Å². The van der Waals surface area contributed by atoms with Gasteiger partial charge in [-0.15, -0.1) is 0 Å². The summed E-state index contributed by atoms with van der Waals surface area (Å²) in [6.07, 6.45) is 8.46. The van der Waals surface area contributed by atoms with Gasteiger partial charge in [0.25, 0.3) is 0 Å². The quantitative estimate of drug-likeness (QED) is 0.783. The maximum absolute atomic E-state index is 12.1. The van der Waals surface area contributed by atoms with E-state index in [0.29, 0.717) is 12.1 Å². The van der Waals surface area contributed by atoms with Crippen LogP contribution in [0.5, 0.6) is 0 Å². The summed E-state index contributed by atoms with van der Waals surface area (Å²) in [5.74, 6) is 0.142. The molecule has 0 aromatic carbocycles. The Morgan fingerprint density at radius 1 is 1.17 bits per heavy atom. The van der Waals surface area contributed by atoms with Crippen molar-refractivity contribution in [2.24, 2.45) is 0 Å². The molecule has 0 bridgehead atoms. The van der Waals surface area contributed by atoms with Gasteiger partial charge in [-0.05, 0) is 39.0 Å². The lowest BCUT2D eigenvalue weighted by Gasteiger charge is -2.24. The molecule has 2 aliphatic rings. The maximum atomic E-state index is 12.1. The molecule has 0 aliphatic heterocycles. The van der Waals surface area contributed by atoms with Crippen molar-refractivity contribution in [2.75, 3.05) is 7.11 Å². The van der Waals surface area contributed by atoms with E-state index in [9.17, 15) is 4.79 Å². The molecule has 0 saturated heterocycles. The molecule has 2 fully saturated rings. The van der Waals surface area contributed by atoms with Crippen molar-refractivity contribution in [3.63, 3.8) is 0 Å². The minimum atomic E-state index is -0.119. The van der Waals surface area contributed by atoms with Crippen LogP contribution in [0.3, 0.4) is 0 Å². The molecule has 0 spiro atoms. The van der Waals surface area contributed by atoms with Crippen molar-refractivity contribution in [2.45, 2.75) is 76.1 Å². The molecule has 4 nitrogen and oxygen atoms in total. The Morgan fingerprint density at radius 2 is 1.89 bits per heavy atom. The number of carbonyl (C=O) groups is 1. The molecule has 2 rings (SSSR count). The van der Waals surface area contributed by atoms with E-state index in [2.05, 4.69) is 10.6 Å². The van der Waals surface area contributed by atoms with Crippen LogP contribution in [-0.2, 0) is 9.53 Å². The minimum Gasteiger partial charge on any atom is -0.380 e. The van der Waals surface area contributed by atoms with Gasteiger partial charge in [0.1, 0.15) is 0 Å². The largest absolute Gasteiger partial charge is 0.380 e. The maximum Gasteiger partial charge on any atom is 0.237 e. The van der Waals surface area contributed by atoms with Crippen molar-refractivity contribution < 1.29 is 9.53 Å². The summed E-state index contributed by atoms with van der Waals surface area (Å²) < 4.78 is 5.44. The standard InChI is InChI=1S/C14H26N2O2/c1-10(14(17)16-11-6-3-4-7-11)15-12-8-5-9-13(12)18-2/h10-13,15H,3-9H2,1-2H3,(H,16,17). The molecule has 2 saturated carbocycles. The van der Waals surface area contributed by atoms with Gasteiger partial charge < -0.3 is 15.4 Å². The zero-order valence-electron chi connectivity index (χ0n) is 11.6. The first kappa shape index (κ1) is 13.8. The highest BCUT2D eigenvalue weighted by Gasteiger charge is 2.30. The minimum absolute atomic E-state index is 0.119. The molecule has 0 radical (unpaired) electrons. The fourth-order valence-electron chi connectivity index (χ4n) is 3.19. The van der Waals surface area contributed by atoms with Gasteiger partial charge in [-0.1, -0.05) is 12.8 Å². The number of methoxy groups -OCH3 is 1. The number of hydrogen-bond acceptors (Lipinski definition) is 3. The molecule has 2 N–H and O–H groups in total. The third-order valence-corrected chi connectivity index (χ3v) is 4.31. The Hall–Kier alpha value is -0.610. The lowest BCUT2D eigenvalue weighted by molar-refractivity contribution is -0.123. The Balaban J connectivity index is 1.75. The highest BCUT2D eigenvalue weighted by molar-refractivity contribution is 5.81. The molecule has 0 aromatic rings. The van der Waals surface area contributed by atoms with Crippen LogP contribution in [0, 0.1) is 0 Å². The Morgan fingerprint density at radius 3 is 2.56 bits per heavy atom. The molecule has 2 aliphatic carbocycles. The molecular weight excluding hydrogens is 228 g/mol. The van der Waals surface area contributed by atoms with E-state index in [-0.39, 0.29) is 18.1 Å².